The molecule has 1 saturated carbocycles. The second-order valence-corrected chi connectivity index (χ2v) is 9.08. The van der Waals surface area contributed by atoms with Crippen LogP contribution in [0.5, 0.6) is 0 Å². The fraction of sp³-hybridized carbons (Fsp3) is 0.320. The van der Waals surface area contributed by atoms with E-state index in [0.29, 0.717) is 16.7 Å². The number of carbonyl (C=O) groups is 1. The Labute approximate surface area is 197 Å². The minimum absolute atomic E-state index is 0.157. The van der Waals surface area contributed by atoms with Crippen LogP contribution in [0.1, 0.15) is 36.5 Å². The van der Waals surface area contributed by atoms with E-state index in [-0.39, 0.29) is 24.9 Å². The Morgan fingerprint density at radius 1 is 1.14 bits per heavy atom. The number of ether oxygens (including phenoxy) is 1. The van der Waals surface area contributed by atoms with Crippen LogP contribution in [0.15, 0.2) is 60.7 Å². The van der Waals surface area contributed by atoms with Gasteiger partial charge in [-0.25, -0.2) is 14.2 Å². The zero-order valence-electron chi connectivity index (χ0n) is 18.6. The molecule has 2 aliphatic rings. The Morgan fingerprint density at radius 3 is 2.51 bits per heavy atom. The molecule has 6 nitrogen and oxygen atoms in total. The van der Waals surface area contributed by atoms with Gasteiger partial charge in [-0.1, -0.05) is 42.5 Å². The Bertz CT molecular complexity index is 1300. The van der Waals surface area contributed by atoms with Crippen molar-refractivity contribution in [3.05, 3.63) is 83.2 Å². The van der Waals surface area contributed by atoms with Crippen LogP contribution in [0.2, 0.25) is 0 Å². The number of nitrogens with zero attached hydrogens (tertiary/aromatic N) is 2. The summed E-state index contributed by atoms with van der Waals surface area (Å²) in [4.78, 5) is 14.2. The van der Waals surface area contributed by atoms with E-state index in [9.17, 15) is 32.7 Å². The van der Waals surface area contributed by atoms with Crippen molar-refractivity contribution in [2.45, 2.75) is 50.0 Å². The van der Waals surface area contributed by atoms with Gasteiger partial charge in [-0.05, 0) is 59.9 Å². The van der Waals surface area contributed by atoms with E-state index in [4.69, 9.17) is 4.74 Å². The van der Waals surface area contributed by atoms with Crippen LogP contribution in [0, 0.1) is 5.82 Å². The summed E-state index contributed by atoms with van der Waals surface area (Å²) >= 11 is 0. The topological polar surface area (TPSA) is 73.2 Å². The van der Waals surface area contributed by atoms with Crippen LogP contribution in [-0.4, -0.2) is 38.3 Å². The van der Waals surface area contributed by atoms with Crippen molar-refractivity contribution < 1.29 is 37.4 Å². The number of carbonyl (C=O) groups excluding carboxylic acids is 1. The lowest BCUT2D eigenvalue weighted by Gasteiger charge is -2.35. The summed E-state index contributed by atoms with van der Waals surface area (Å²) in [5, 5.41) is 23.5. The number of hydroxylamine groups is 2. The highest BCUT2D eigenvalue weighted by atomic mass is 19.4. The van der Waals surface area contributed by atoms with E-state index >= 15 is 0 Å². The number of alkyl halides is 3. The average molecular weight is 490 g/mol. The van der Waals surface area contributed by atoms with Crippen molar-refractivity contribution in [1.29, 1.82) is 0 Å². The van der Waals surface area contributed by atoms with Gasteiger partial charge in [-0.2, -0.15) is 13.2 Å². The minimum atomic E-state index is -4.79. The second-order valence-electron chi connectivity index (χ2n) is 9.08. The van der Waals surface area contributed by atoms with Crippen LogP contribution in [-0.2, 0) is 23.1 Å². The van der Waals surface area contributed by atoms with E-state index in [1.807, 2.05) is 30.3 Å². The van der Waals surface area contributed by atoms with E-state index in [0.717, 1.165) is 27.8 Å². The zero-order valence-corrected chi connectivity index (χ0v) is 18.6. The summed E-state index contributed by atoms with van der Waals surface area (Å²) in [6.45, 7) is 1.21. The Kier molecular flexibility index (Phi) is 5.31. The summed E-state index contributed by atoms with van der Waals surface area (Å²) < 4.78 is 59.7. The van der Waals surface area contributed by atoms with Crippen molar-refractivity contribution in [3.63, 3.8) is 0 Å². The summed E-state index contributed by atoms with van der Waals surface area (Å²) in [5.41, 5.74) is -3.59. The summed E-state index contributed by atoms with van der Waals surface area (Å²) in [5.74, 6) is -1.12. The molecule has 0 aromatic heterocycles. The van der Waals surface area contributed by atoms with Crippen molar-refractivity contribution in [2.75, 3.05) is 0 Å². The molecule has 35 heavy (non-hydrogen) atoms. The molecular weight excluding hydrogens is 468 g/mol. The number of benzene rings is 3. The largest absolute Gasteiger partial charge is 0.416 e. The first-order valence-electron chi connectivity index (χ1n) is 11.0. The van der Waals surface area contributed by atoms with E-state index in [2.05, 4.69) is 0 Å². The molecule has 2 atom stereocenters. The number of urea groups is 1. The molecule has 2 amide bonds. The number of halogens is 4. The van der Waals surface area contributed by atoms with Crippen LogP contribution < -0.4 is 0 Å². The third kappa shape index (κ3) is 3.72. The van der Waals surface area contributed by atoms with Crippen molar-refractivity contribution >= 4 is 16.8 Å². The lowest BCUT2D eigenvalue weighted by atomic mass is 9.84. The SMILES string of the molecule is CC1(c2cc(F)cc(C(F)(F)F)c2)OC(O)N(C(=O)N(O)Cc2cccc3ccccc23)C12CC2. The number of aliphatic hydroxyl groups is 1. The third-order valence-electron chi connectivity index (χ3n) is 7.04. The van der Waals surface area contributed by atoms with Gasteiger partial charge in [0, 0.05) is 0 Å². The lowest BCUT2D eigenvalue weighted by Crippen LogP contribution is -2.52. The normalized spacial score (nSPS) is 23.2. The molecule has 1 aliphatic heterocycles. The summed E-state index contributed by atoms with van der Waals surface area (Å²) in [6, 6.07) is 13.9. The van der Waals surface area contributed by atoms with E-state index < -0.39 is 41.1 Å². The molecule has 0 radical (unpaired) electrons. The first-order valence-corrected chi connectivity index (χ1v) is 11.0. The van der Waals surface area contributed by atoms with Gasteiger partial charge in [-0.15, -0.1) is 0 Å². The first-order chi connectivity index (χ1) is 16.5. The van der Waals surface area contributed by atoms with Gasteiger partial charge in [0.05, 0.1) is 17.6 Å². The molecule has 10 heteroatoms. The highest BCUT2D eigenvalue weighted by molar-refractivity contribution is 5.86. The molecule has 3 aromatic rings. The lowest BCUT2D eigenvalue weighted by molar-refractivity contribution is -0.173. The van der Waals surface area contributed by atoms with Crippen LogP contribution in [0.25, 0.3) is 10.8 Å². The molecule has 1 saturated heterocycles. The summed E-state index contributed by atoms with van der Waals surface area (Å²) in [7, 11) is 0. The number of hydrogen-bond acceptors (Lipinski definition) is 4. The van der Waals surface area contributed by atoms with Crippen molar-refractivity contribution in [3.8, 4) is 0 Å². The maximum atomic E-state index is 14.2. The van der Waals surface area contributed by atoms with Gasteiger partial charge in [0.25, 0.3) is 0 Å². The highest BCUT2D eigenvalue weighted by Gasteiger charge is 2.71. The molecule has 2 N–H and O–H groups in total. The van der Waals surface area contributed by atoms with Crippen LogP contribution in [0.4, 0.5) is 22.4 Å². The van der Waals surface area contributed by atoms with E-state index in [1.165, 1.54) is 6.92 Å². The van der Waals surface area contributed by atoms with Gasteiger partial charge in [0.2, 0.25) is 6.41 Å². The van der Waals surface area contributed by atoms with Gasteiger partial charge in [-0.3, -0.25) is 10.1 Å². The predicted molar refractivity (Wildman–Crippen MR) is 116 cm³/mol. The fourth-order valence-electron chi connectivity index (χ4n) is 5.08. The Hall–Kier alpha value is -3.21. The smallest absolute Gasteiger partial charge is 0.351 e. The average Bonchev–Trinajstić information content (AvgIpc) is 3.56. The van der Waals surface area contributed by atoms with Gasteiger partial charge in [0.15, 0.2) is 0 Å². The third-order valence-corrected chi connectivity index (χ3v) is 7.04. The van der Waals surface area contributed by atoms with E-state index in [1.54, 1.807) is 12.1 Å². The molecular formula is C25H22F4N2O4. The van der Waals surface area contributed by atoms with Crippen LogP contribution in [0.3, 0.4) is 0 Å². The number of aliphatic hydroxyl groups excluding tert-OH is 1. The fourth-order valence-corrected chi connectivity index (χ4v) is 5.08. The van der Waals surface area contributed by atoms with Crippen molar-refractivity contribution in [1.82, 2.24) is 9.96 Å². The predicted octanol–water partition coefficient (Wildman–Crippen LogP) is 5.37. The highest BCUT2D eigenvalue weighted by Crippen LogP contribution is 2.61. The van der Waals surface area contributed by atoms with Crippen LogP contribution >= 0.6 is 0 Å². The zero-order chi connectivity index (χ0) is 25.2. The maximum absolute atomic E-state index is 14.2. The van der Waals surface area contributed by atoms with Gasteiger partial charge >= 0.3 is 12.2 Å². The molecule has 5 rings (SSSR count). The minimum Gasteiger partial charge on any atom is -0.351 e. The van der Waals surface area contributed by atoms with Crippen molar-refractivity contribution in [2.24, 2.45) is 0 Å². The molecule has 2 unspecified atom stereocenters. The van der Waals surface area contributed by atoms with Gasteiger partial charge in [0.1, 0.15) is 11.4 Å². The maximum Gasteiger partial charge on any atom is 0.416 e. The molecule has 0 bridgehead atoms. The standard InChI is InChI=1S/C25H22F4N2O4/c1-23(17-11-18(25(27,28)29)13-19(26)12-17)24(9-10-24)31(22(33)35-23)21(32)30(34)14-16-7-4-6-15-5-2-3-8-20(15)16/h2-8,11-13,22,33-34H,9-10,14H2,1H3. The molecule has 1 spiro atoms. The molecule has 2 fully saturated rings. The summed E-state index contributed by atoms with van der Waals surface area (Å²) in [6.07, 6.45) is -6.08. The number of rotatable bonds is 3. The molecule has 3 aromatic carbocycles. The quantitative estimate of drug-likeness (QED) is 0.294. The Morgan fingerprint density at radius 2 is 1.83 bits per heavy atom. The second kappa shape index (κ2) is 7.91. The molecule has 1 heterocycles. The van der Waals surface area contributed by atoms with Gasteiger partial charge < -0.3 is 9.84 Å². The number of fused-ring (bicyclic) bond motifs is 1. The monoisotopic (exact) mass is 490 g/mol. The molecule has 184 valence electrons. The Balaban J connectivity index is 1.46. The number of amides is 2. The first kappa shape index (κ1) is 23.5. The molecule has 1 aliphatic carbocycles. The number of hydrogen-bond donors (Lipinski definition) is 2.